The van der Waals surface area contributed by atoms with Crippen molar-refractivity contribution in [3.63, 3.8) is 0 Å². The van der Waals surface area contributed by atoms with Crippen molar-refractivity contribution in [2.75, 3.05) is 0 Å². The third-order valence-electron chi connectivity index (χ3n) is 4.12. The molecule has 117 valence electrons. The van der Waals surface area contributed by atoms with Crippen LogP contribution in [-0.2, 0) is 12.8 Å². The monoisotopic (exact) mass is 401 g/mol. The number of benzene rings is 2. The van der Waals surface area contributed by atoms with E-state index >= 15 is 0 Å². The quantitative estimate of drug-likeness (QED) is 0.530. The Morgan fingerprint density at radius 1 is 0.682 bits per heavy atom. The van der Waals surface area contributed by atoms with E-state index in [1.165, 1.54) is 36.8 Å². The zero-order chi connectivity index (χ0) is 14.9. The predicted molar refractivity (Wildman–Crippen MR) is 96.6 cm³/mol. The molecule has 2 rings (SSSR count). The second-order valence-electron chi connectivity index (χ2n) is 6.20. The fourth-order valence-corrected chi connectivity index (χ4v) is 8.08. The van der Waals surface area contributed by atoms with Crippen LogP contribution in [0.2, 0.25) is 7.35 Å². The molecule has 2 aromatic carbocycles. The van der Waals surface area contributed by atoms with Crippen molar-refractivity contribution >= 4 is 22.9 Å². The maximum absolute atomic E-state index is 2.49. The fourth-order valence-electron chi connectivity index (χ4n) is 2.83. The molecule has 2 atom stereocenters. The Balaban J connectivity index is 0.00000242. The SMILES string of the molecule is C[CH](CCc1ccccc1)[In][CH](C)CCc1ccccc1.F. The van der Waals surface area contributed by atoms with E-state index < -0.39 is 22.9 Å². The van der Waals surface area contributed by atoms with E-state index in [0.717, 1.165) is 7.35 Å². The van der Waals surface area contributed by atoms with Gasteiger partial charge in [0.15, 0.2) is 0 Å². The van der Waals surface area contributed by atoms with Gasteiger partial charge < -0.3 is 0 Å². The summed E-state index contributed by atoms with van der Waals surface area (Å²) in [5.41, 5.74) is 3.01. The molecule has 0 saturated carbocycles. The first-order valence-electron chi connectivity index (χ1n) is 8.17. The normalized spacial score (nSPS) is 13.0. The smallest absolute Gasteiger partial charge is 0.269 e. The van der Waals surface area contributed by atoms with Gasteiger partial charge in [-0.3, -0.25) is 4.70 Å². The molecule has 0 spiro atoms. The average molecular weight is 401 g/mol. The van der Waals surface area contributed by atoms with E-state index in [-0.39, 0.29) is 4.70 Å². The summed E-state index contributed by atoms with van der Waals surface area (Å²) in [7, 11) is 0. The minimum atomic E-state index is -0.457. The number of hydrogen-bond donors (Lipinski definition) is 0. The van der Waals surface area contributed by atoms with Gasteiger partial charge in [0.2, 0.25) is 0 Å². The van der Waals surface area contributed by atoms with E-state index in [0.29, 0.717) is 0 Å². The first-order valence-corrected chi connectivity index (χ1v) is 12.0. The van der Waals surface area contributed by atoms with E-state index in [2.05, 4.69) is 74.5 Å². The molecule has 0 aromatic heterocycles. The van der Waals surface area contributed by atoms with E-state index in [1.807, 2.05) is 0 Å². The summed E-state index contributed by atoms with van der Waals surface area (Å²) in [6, 6.07) is 21.9. The van der Waals surface area contributed by atoms with E-state index in [4.69, 9.17) is 0 Å². The molecule has 0 fully saturated rings. The molecule has 0 saturated heterocycles. The molecular formula is C20H27FIn. The Labute approximate surface area is 146 Å². The van der Waals surface area contributed by atoms with Gasteiger partial charge in [0.05, 0.1) is 0 Å². The van der Waals surface area contributed by atoms with Gasteiger partial charge in [-0.2, -0.15) is 0 Å². The Hall–Kier alpha value is -0.760. The zero-order valence-electron chi connectivity index (χ0n) is 13.7. The third-order valence-corrected chi connectivity index (χ3v) is 9.77. The molecule has 2 aromatic rings. The standard InChI is InChI=1S/2C10H13.FH.In/c2*1-2-3-7-10-8-5-4-6-9-10;;/h2*2,4-6,8-9H,3,7H2,1H3;1H;. The van der Waals surface area contributed by atoms with Crippen molar-refractivity contribution in [1.82, 2.24) is 0 Å². The van der Waals surface area contributed by atoms with Gasteiger partial charge in [0.1, 0.15) is 0 Å². The second-order valence-corrected chi connectivity index (χ2v) is 13.8. The van der Waals surface area contributed by atoms with Crippen molar-refractivity contribution in [3.05, 3.63) is 71.8 Å². The van der Waals surface area contributed by atoms with Crippen LogP contribution < -0.4 is 0 Å². The number of aryl methyl sites for hydroxylation is 2. The van der Waals surface area contributed by atoms with Crippen LogP contribution in [0, 0.1) is 0 Å². The van der Waals surface area contributed by atoms with Gasteiger partial charge in [-0.25, -0.2) is 0 Å². The zero-order valence-corrected chi connectivity index (χ0v) is 17.0. The van der Waals surface area contributed by atoms with Crippen LogP contribution in [0.4, 0.5) is 4.70 Å². The van der Waals surface area contributed by atoms with Crippen LogP contribution in [0.25, 0.3) is 0 Å². The Kier molecular flexibility index (Phi) is 9.54. The minimum Gasteiger partial charge on any atom is -0.269 e. The maximum Gasteiger partial charge on any atom is -0.269 e. The molecule has 0 bridgehead atoms. The summed E-state index contributed by atoms with van der Waals surface area (Å²) in [5, 5.41) is 0. The van der Waals surface area contributed by atoms with Crippen LogP contribution in [0.3, 0.4) is 0 Å². The molecule has 0 N–H and O–H groups in total. The summed E-state index contributed by atoms with van der Waals surface area (Å²) >= 11 is -0.457. The van der Waals surface area contributed by atoms with Crippen molar-refractivity contribution in [2.24, 2.45) is 0 Å². The average Bonchev–Trinajstić information content (AvgIpc) is 2.53. The summed E-state index contributed by atoms with van der Waals surface area (Å²) in [4.78, 5) is 0. The first kappa shape index (κ1) is 19.3. The van der Waals surface area contributed by atoms with E-state index in [9.17, 15) is 0 Å². The summed E-state index contributed by atoms with van der Waals surface area (Å²) in [6.07, 6.45) is 5.31. The third kappa shape index (κ3) is 7.49. The van der Waals surface area contributed by atoms with Crippen molar-refractivity contribution in [2.45, 2.75) is 46.9 Å². The van der Waals surface area contributed by atoms with Crippen LogP contribution in [0.1, 0.15) is 37.8 Å². The van der Waals surface area contributed by atoms with Gasteiger partial charge in [-0.05, 0) is 0 Å². The summed E-state index contributed by atoms with van der Waals surface area (Å²) < 4.78 is 2.01. The molecule has 0 aliphatic heterocycles. The molecule has 0 nitrogen and oxygen atoms in total. The molecule has 2 heteroatoms. The molecule has 0 aliphatic rings. The van der Waals surface area contributed by atoms with Gasteiger partial charge >= 0.3 is 142 Å². The molecule has 0 aliphatic carbocycles. The molecule has 2 unspecified atom stereocenters. The maximum atomic E-state index is 2.49. The Bertz CT molecular complexity index is 450. The van der Waals surface area contributed by atoms with Crippen molar-refractivity contribution in [1.29, 1.82) is 0 Å². The van der Waals surface area contributed by atoms with Gasteiger partial charge in [0, 0.05) is 0 Å². The Morgan fingerprint density at radius 3 is 1.41 bits per heavy atom. The number of halogens is 1. The molecule has 1 radical (unpaired) electrons. The van der Waals surface area contributed by atoms with Crippen LogP contribution in [0.5, 0.6) is 0 Å². The van der Waals surface area contributed by atoms with Crippen molar-refractivity contribution in [3.8, 4) is 0 Å². The molecule has 0 heterocycles. The van der Waals surface area contributed by atoms with Crippen LogP contribution >= 0.6 is 0 Å². The van der Waals surface area contributed by atoms with Gasteiger partial charge in [0.25, 0.3) is 0 Å². The molecule has 0 amide bonds. The van der Waals surface area contributed by atoms with Gasteiger partial charge in [-0.1, -0.05) is 0 Å². The minimum absolute atomic E-state index is 0. The number of rotatable bonds is 8. The van der Waals surface area contributed by atoms with Crippen LogP contribution in [0.15, 0.2) is 60.7 Å². The first-order chi connectivity index (χ1) is 10.2. The Morgan fingerprint density at radius 2 is 1.05 bits per heavy atom. The summed E-state index contributed by atoms with van der Waals surface area (Å²) in [5.74, 6) is 0. The summed E-state index contributed by atoms with van der Waals surface area (Å²) in [6.45, 7) is 4.98. The fraction of sp³-hybridized carbons (Fsp3) is 0.400. The van der Waals surface area contributed by atoms with E-state index in [1.54, 1.807) is 0 Å². The topological polar surface area (TPSA) is 0 Å². The molecule has 22 heavy (non-hydrogen) atoms. The van der Waals surface area contributed by atoms with Crippen molar-refractivity contribution < 1.29 is 4.70 Å². The van der Waals surface area contributed by atoms with Gasteiger partial charge in [-0.15, -0.1) is 0 Å². The number of hydrogen-bond acceptors (Lipinski definition) is 0. The largest absolute Gasteiger partial charge is 0.269 e. The second kappa shape index (κ2) is 10.9. The molecular weight excluding hydrogens is 374 g/mol. The predicted octanol–water partition coefficient (Wildman–Crippen LogP) is 5.73. The van der Waals surface area contributed by atoms with Crippen LogP contribution in [-0.4, -0.2) is 22.9 Å².